The van der Waals surface area contributed by atoms with E-state index < -0.39 is 0 Å². The van der Waals surface area contributed by atoms with Crippen molar-refractivity contribution in [1.82, 2.24) is 5.32 Å². The van der Waals surface area contributed by atoms with Crippen LogP contribution in [0.2, 0.25) is 0 Å². The molecule has 1 aromatic carbocycles. The third-order valence-electron chi connectivity index (χ3n) is 3.72. The number of rotatable bonds is 5. The highest BCUT2D eigenvalue weighted by Gasteiger charge is 2.20. The minimum atomic E-state index is 0.118. The summed E-state index contributed by atoms with van der Waals surface area (Å²) in [6, 6.07) is 7.63. The van der Waals surface area contributed by atoms with E-state index in [9.17, 15) is 4.79 Å². The minimum absolute atomic E-state index is 0.118. The molecule has 1 aliphatic heterocycles. The second-order valence-corrected chi connectivity index (χ2v) is 5.38. The number of carbonyl (C=O) groups excluding carboxylic acids is 1. The van der Waals surface area contributed by atoms with Crippen LogP contribution in [0.25, 0.3) is 0 Å². The zero-order chi connectivity index (χ0) is 14.4. The normalized spacial score (nSPS) is 17.5. The van der Waals surface area contributed by atoms with Crippen molar-refractivity contribution in [3.05, 3.63) is 24.3 Å². The summed E-state index contributed by atoms with van der Waals surface area (Å²) in [5.41, 5.74) is 0.814. The average molecular weight is 276 g/mol. The zero-order valence-electron chi connectivity index (χ0n) is 12.3. The van der Waals surface area contributed by atoms with E-state index in [0.717, 1.165) is 43.8 Å². The zero-order valence-corrected chi connectivity index (χ0v) is 12.3. The molecule has 1 amide bonds. The molecule has 110 valence electrons. The van der Waals surface area contributed by atoms with E-state index in [1.807, 2.05) is 31.2 Å². The molecule has 0 aliphatic carbocycles. The molecule has 4 nitrogen and oxygen atoms in total. The van der Waals surface area contributed by atoms with Gasteiger partial charge in [0, 0.05) is 17.7 Å². The lowest BCUT2D eigenvalue weighted by Crippen LogP contribution is -2.34. The maximum atomic E-state index is 12.2. The third kappa shape index (κ3) is 4.23. The fraction of sp³-hybridized carbons (Fsp3) is 0.562. The van der Waals surface area contributed by atoms with Gasteiger partial charge in [-0.15, -0.1) is 0 Å². The second-order valence-electron chi connectivity index (χ2n) is 5.38. The van der Waals surface area contributed by atoms with E-state index in [0.29, 0.717) is 0 Å². The average Bonchev–Trinajstić information content (AvgIpc) is 2.48. The van der Waals surface area contributed by atoms with Gasteiger partial charge in [-0.3, -0.25) is 4.79 Å². The Hall–Kier alpha value is -1.55. The maximum Gasteiger partial charge on any atom is 0.227 e. The first-order chi connectivity index (χ1) is 9.69. The lowest BCUT2D eigenvalue weighted by Gasteiger charge is -2.22. The van der Waals surface area contributed by atoms with Crippen LogP contribution in [-0.2, 0) is 4.79 Å². The lowest BCUT2D eigenvalue weighted by atomic mass is 9.97. The van der Waals surface area contributed by atoms with Crippen LogP contribution in [0.3, 0.4) is 0 Å². The molecule has 1 saturated heterocycles. The van der Waals surface area contributed by atoms with E-state index in [4.69, 9.17) is 4.74 Å². The smallest absolute Gasteiger partial charge is 0.227 e. The molecular formula is C16H24N2O2. The largest absolute Gasteiger partial charge is 0.491 e. The molecule has 0 bridgehead atoms. The SMILES string of the molecule is CCC(C)Oc1cccc(NC(=O)C2CCNCC2)c1. The van der Waals surface area contributed by atoms with Gasteiger partial charge < -0.3 is 15.4 Å². The highest BCUT2D eigenvalue weighted by atomic mass is 16.5. The Morgan fingerprint density at radius 1 is 1.45 bits per heavy atom. The number of benzene rings is 1. The van der Waals surface area contributed by atoms with Crippen molar-refractivity contribution < 1.29 is 9.53 Å². The van der Waals surface area contributed by atoms with Gasteiger partial charge in [-0.05, 0) is 51.4 Å². The standard InChI is InChI=1S/C16H24N2O2/c1-3-12(2)20-15-6-4-5-14(11-15)18-16(19)13-7-9-17-10-8-13/h4-6,11-13,17H,3,7-10H2,1-2H3,(H,18,19). The van der Waals surface area contributed by atoms with Crippen LogP contribution in [0.4, 0.5) is 5.69 Å². The van der Waals surface area contributed by atoms with Crippen LogP contribution in [0, 0.1) is 5.92 Å². The summed E-state index contributed by atoms with van der Waals surface area (Å²) < 4.78 is 5.77. The molecule has 1 unspecified atom stereocenters. The predicted molar refractivity (Wildman–Crippen MR) is 81.0 cm³/mol. The topological polar surface area (TPSA) is 50.4 Å². The monoisotopic (exact) mass is 276 g/mol. The highest BCUT2D eigenvalue weighted by molar-refractivity contribution is 5.92. The molecule has 20 heavy (non-hydrogen) atoms. The van der Waals surface area contributed by atoms with Gasteiger partial charge in [-0.2, -0.15) is 0 Å². The molecule has 0 saturated carbocycles. The van der Waals surface area contributed by atoms with Crippen molar-refractivity contribution in [2.75, 3.05) is 18.4 Å². The van der Waals surface area contributed by atoms with Gasteiger partial charge in [0.2, 0.25) is 5.91 Å². The van der Waals surface area contributed by atoms with Crippen molar-refractivity contribution in [2.24, 2.45) is 5.92 Å². The summed E-state index contributed by atoms with van der Waals surface area (Å²) in [6.07, 6.45) is 2.97. The van der Waals surface area contributed by atoms with Gasteiger partial charge in [-0.1, -0.05) is 13.0 Å². The molecule has 2 rings (SSSR count). The number of amides is 1. The second kappa shape index (κ2) is 7.29. The summed E-state index contributed by atoms with van der Waals surface area (Å²) in [4.78, 5) is 12.2. The van der Waals surface area contributed by atoms with Crippen molar-refractivity contribution in [2.45, 2.75) is 39.2 Å². The van der Waals surface area contributed by atoms with Crippen molar-refractivity contribution in [1.29, 1.82) is 0 Å². The molecule has 4 heteroatoms. The summed E-state index contributed by atoms with van der Waals surface area (Å²) >= 11 is 0. The number of piperidine rings is 1. The number of ether oxygens (including phenoxy) is 1. The summed E-state index contributed by atoms with van der Waals surface area (Å²) in [5, 5.41) is 6.27. The van der Waals surface area contributed by atoms with E-state index in [1.54, 1.807) is 0 Å². The van der Waals surface area contributed by atoms with Gasteiger partial charge in [0.05, 0.1) is 6.10 Å². The number of nitrogens with one attached hydrogen (secondary N) is 2. The van der Waals surface area contributed by atoms with E-state index in [2.05, 4.69) is 17.6 Å². The van der Waals surface area contributed by atoms with Crippen LogP contribution in [0.15, 0.2) is 24.3 Å². The number of hydrogen-bond acceptors (Lipinski definition) is 3. The number of anilines is 1. The molecule has 1 fully saturated rings. The van der Waals surface area contributed by atoms with Gasteiger partial charge in [0.15, 0.2) is 0 Å². The minimum Gasteiger partial charge on any atom is -0.491 e. The van der Waals surface area contributed by atoms with Crippen molar-refractivity contribution in [3.63, 3.8) is 0 Å². The molecule has 1 aliphatic rings. The van der Waals surface area contributed by atoms with Gasteiger partial charge >= 0.3 is 0 Å². The van der Waals surface area contributed by atoms with Gasteiger partial charge in [0.25, 0.3) is 0 Å². The van der Waals surface area contributed by atoms with E-state index in [1.165, 1.54) is 0 Å². The van der Waals surface area contributed by atoms with Crippen molar-refractivity contribution >= 4 is 11.6 Å². The Balaban J connectivity index is 1.94. The molecule has 2 N–H and O–H groups in total. The predicted octanol–water partition coefficient (Wildman–Crippen LogP) is 2.80. The third-order valence-corrected chi connectivity index (χ3v) is 3.72. The summed E-state index contributed by atoms with van der Waals surface area (Å²) in [5.74, 6) is 1.05. The number of carbonyl (C=O) groups is 1. The first-order valence-corrected chi connectivity index (χ1v) is 7.47. The molecule has 1 aromatic rings. The van der Waals surface area contributed by atoms with Crippen LogP contribution < -0.4 is 15.4 Å². The Morgan fingerprint density at radius 2 is 2.20 bits per heavy atom. The van der Waals surface area contributed by atoms with Gasteiger partial charge in [-0.25, -0.2) is 0 Å². The van der Waals surface area contributed by atoms with Crippen LogP contribution >= 0.6 is 0 Å². The molecule has 0 spiro atoms. The van der Waals surface area contributed by atoms with Crippen molar-refractivity contribution in [3.8, 4) is 5.75 Å². The van der Waals surface area contributed by atoms with Gasteiger partial charge in [0.1, 0.15) is 5.75 Å². The molecule has 0 radical (unpaired) electrons. The van der Waals surface area contributed by atoms with Crippen LogP contribution in [-0.4, -0.2) is 25.1 Å². The fourth-order valence-electron chi connectivity index (χ4n) is 2.29. The summed E-state index contributed by atoms with van der Waals surface area (Å²) in [7, 11) is 0. The van der Waals surface area contributed by atoms with Crippen LogP contribution in [0.5, 0.6) is 5.75 Å². The van der Waals surface area contributed by atoms with Crippen LogP contribution in [0.1, 0.15) is 33.1 Å². The maximum absolute atomic E-state index is 12.2. The highest BCUT2D eigenvalue weighted by Crippen LogP contribution is 2.21. The van der Waals surface area contributed by atoms with E-state index >= 15 is 0 Å². The van der Waals surface area contributed by atoms with E-state index in [-0.39, 0.29) is 17.9 Å². The Kier molecular flexibility index (Phi) is 5.41. The quantitative estimate of drug-likeness (QED) is 0.869. The fourth-order valence-corrected chi connectivity index (χ4v) is 2.29. The molecule has 1 heterocycles. The molecular weight excluding hydrogens is 252 g/mol. The first-order valence-electron chi connectivity index (χ1n) is 7.47. The first kappa shape index (κ1) is 14.9. The Labute approximate surface area is 120 Å². The number of hydrogen-bond donors (Lipinski definition) is 2. The Morgan fingerprint density at radius 3 is 2.90 bits per heavy atom. The lowest BCUT2D eigenvalue weighted by molar-refractivity contribution is -0.120. The molecule has 1 atom stereocenters. The Bertz CT molecular complexity index is 442. The summed E-state index contributed by atoms with van der Waals surface area (Å²) in [6.45, 7) is 5.98. The molecule has 0 aromatic heterocycles.